The lowest BCUT2D eigenvalue weighted by Gasteiger charge is -2.19. The Kier molecular flexibility index (Phi) is 3.67. The minimum absolute atomic E-state index is 0.230. The first-order valence-corrected chi connectivity index (χ1v) is 7.28. The van der Waals surface area contributed by atoms with Crippen molar-refractivity contribution in [2.75, 3.05) is 12.0 Å². The third-order valence-corrected chi connectivity index (χ3v) is 4.03. The van der Waals surface area contributed by atoms with E-state index in [1.165, 1.54) is 6.92 Å². The maximum Gasteiger partial charge on any atom is 0.355 e. The van der Waals surface area contributed by atoms with Crippen molar-refractivity contribution in [3.8, 4) is 0 Å². The zero-order chi connectivity index (χ0) is 17.6. The Bertz CT molecular complexity index is 801. The van der Waals surface area contributed by atoms with E-state index >= 15 is 0 Å². The summed E-state index contributed by atoms with van der Waals surface area (Å²) in [5.41, 5.74) is 1.04. The van der Waals surface area contributed by atoms with Crippen LogP contribution >= 0.6 is 0 Å². The molecule has 0 radical (unpaired) electrons. The molecule has 0 saturated carbocycles. The predicted molar refractivity (Wildman–Crippen MR) is 82.9 cm³/mol. The zero-order valence-corrected chi connectivity index (χ0v) is 13.3. The Morgan fingerprint density at radius 1 is 1.21 bits per heavy atom. The number of ether oxygens (including phenoxy) is 1. The van der Waals surface area contributed by atoms with Crippen LogP contribution in [0.3, 0.4) is 0 Å². The van der Waals surface area contributed by atoms with Gasteiger partial charge in [0, 0.05) is 6.92 Å². The third-order valence-electron chi connectivity index (χ3n) is 4.03. The second-order valence-corrected chi connectivity index (χ2v) is 5.61. The molecular weight excluding hydrogens is 314 g/mol. The molecule has 2 heterocycles. The Morgan fingerprint density at radius 2 is 1.92 bits per heavy atom. The van der Waals surface area contributed by atoms with Gasteiger partial charge < -0.3 is 4.74 Å². The molecule has 0 spiro atoms. The number of hydrazone groups is 1. The van der Waals surface area contributed by atoms with Gasteiger partial charge in [-0.15, -0.1) is 0 Å². The average Bonchev–Trinajstić information content (AvgIpc) is 3.05. The molecule has 0 unspecified atom stereocenters. The highest BCUT2D eigenvalue weighted by Crippen LogP contribution is 2.35. The molecule has 0 bridgehead atoms. The largest absolute Gasteiger partial charge is 0.464 e. The molecule has 3 amide bonds. The van der Waals surface area contributed by atoms with Crippen molar-refractivity contribution in [3.63, 3.8) is 0 Å². The molecule has 2 aliphatic rings. The highest BCUT2D eigenvalue weighted by Gasteiger charge is 2.59. The molecule has 1 aromatic rings. The van der Waals surface area contributed by atoms with Gasteiger partial charge in [-0.2, -0.15) is 5.10 Å². The summed E-state index contributed by atoms with van der Waals surface area (Å²) in [7, 11) is 1.15. The first-order valence-electron chi connectivity index (χ1n) is 7.28. The first kappa shape index (κ1) is 15.9. The molecule has 0 aliphatic carbocycles. The minimum atomic E-state index is -1.15. The molecule has 0 aromatic heterocycles. The Labute approximate surface area is 137 Å². The van der Waals surface area contributed by atoms with Crippen LogP contribution in [0.1, 0.15) is 12.5 Å². The van der Waals surface area contributed by atoms with Crippen LogP contribution < -0.4 is 4.90 Å². The van der Waals surface area contributed by atoms with Crippen LogP contribution in [0.2, 0.25) is 0 Å². The van der Waals surface area contributed by atoms with E-state index in [0.29, 0.717) is 5.69 Å². The van der Waals surface area contributed by atoms with Gasteiger partial charge in [0.1, 0.15) is 5.92 Å². The highest BCUT2D eigenvalue weighted by atomic mass is 16.5. The van der Waals surface area contributed by atoms with Gasteiger partial charge in [0.05, 0.1) is 12.8 Å². The van der Waals surface area contributed by atoms with E-state index in [9.17, 15) is 19.2 Å². The lowest BCUT2D eigenvalue weighted by molar-refractivity contribution is -0.136. The number of carbonyl (C=O) groups is 4. The summed E-state index contributed by atoms with van der Waals surface area (Å²) in [5.74, 6) is -3.69. The maximum atomic E-state index is 12.8. The van der Waals surface area contributed by atoms with Crippen molar-refractivity contribution < 1.29 is 23.9 Å². The lowest BCUT2D eigenvalue weighted by Crippen LogP contribution is -2.41. The van der Waals surface area contributed by atoms with Gasteiger partial charge in [-0.25, -0.2) is 14.7 Å². The number of benzene rings is 1. The second kappa shape index (κ2) is 5.55. The topological polar surface area (TPSA) is 96.3 Å². The van der Waals surface area contributed by atoms with E-state index in [2.05, 4.69) is 9.84 Å². The van der Waals surface area contributed by atoms with Crippen LogP contribution in [0.5, 0.6) is 0 Å². The number of anilines is 1. The van der Waals surface area contributed by atoms with E-state index in [0.717, 1.165) is 22.6 Å². The number of hydrogen-bond acceptors (Lipinski definition) is 6. The van der Waals surface area contributed by atoms with E-state index < -0.39 is 35.7 Å². The number of hydrogen-bond donors (Lipinski definition) is 0. The SMILES string of the molecule is COC(=O)C1=NN(C(C)=O)[C@@H]2C(=O)N(c3cccc(C)c3)C(=O)[C@H]12. The average molecular weight is 329 g/mol. The lowest BCUT2D eigenvalue weighted by atomic mass is 9.98. The van der Waals surface area contributed by atoms with Gasteiger partial charge in [0.15, 0.2) is 11.8 Å². The van der Waals surface area contributed by atoms with Crippen molar-refractivity contribution in [1.82, 2.24) is 5.01 Å². The number of imide groups is 1. The molecule has 2 atom stereocenters. The molecule has 8 heteroatoms. The fraction of sp³-hybridized carbons (Fsp3) is 0.312. The number of aryl methyl sites for hydroxylation is 1. The predicted octanol–water partition coefficient (Wildman–Crippen LogP) is 0.244. The molecule has 3 rings (SSSR count). The van der Waals surface area contributed by atoms with Gasteiger partial charge in [0.2, 0.25) is 11.8 Å². The van der Waals surface area contributed by atoms with Crippen LogP contribution in [-0.4, -0.2) is 47.6 Å². The summed E-state index contributed by atoms with van der Waals surface area (Å²) in [5, 5.41) is 4.73. The number of methoxy groups -OCH3 is 1. The normalized spacial score (nSPS) is 22.5. The third kappa shape index (κ3) is 2.18. The molecule has 124 valence electrons. The van der Waals surface area contributed by atoms with Crippen LogP contribution in [0.15, 0.2) is 29.4 Å². The molecular formula is C16H15N3O5. The van der Waals surface area contributed by atoms with Crippen molar-refractivity contribution in [2.45, 2.75) is 19.9 Å². The summed E-state index contributed by atoms with van der Waals surface area (Å²) in [6.07, 6.45) is 0. The molecule has 1 fully saturated rings. The number of fused-ring (bicyclic) bond motifs is 1. The van der Waals surface area contributed by atoms with Crippen LogP contribution in [0.4, 0.5) is 5.69 Å². The highest BCUT2D eigenvalue weighted by molar-refractivity contribution is 6.47. The number of rotatable bonds is 2. The Morgan fingerprint density at radius 3 is 2.50 bits per heavy atom. The molecule has 24 heavy (non-hydrogen) atoms. The number of amides is 3. The van der Waals surface area contributed by atoms with Gasteiger partial charge in [-0.1, -0.05) is 12.1 Å². The quantitative estimate of drug-likeness (QED) is 0.572. The van der Waals surface area contributed by atoms with Crippen molar-refractivity contribution in [1.29, 1.82) is 0 Å². The maximum absolute atomic E-state index is 12.8. The zero-order valence-electron chi connectivity index (χ0n) is 13.3. The van der Waals surface area contributed by atoms with Crippen molar-refractivity contribution >= 4 is 35.1 Å². The summed E-state index contributed by atoms with van der Waals surface area (Å²) < 4.78 is 4.62. The van der Waals surface area contributed by atoms with Crippen LogP contribution in [0.25, 0.3) is 0 Å². The second-order valence-electron chi connectivity index (χ2n) is 5.61. The number of nitrogens with zero attached hydrogens (tertiary/aromatic N) is 3. The summed E-state index contributed by atoms with van der Waals surface area (Å²) >= 11 is 0. The van der Waals surface area contributed by atoms with E-state index in [1.807, 2.05) is 13.0 Å². The standard InChI is InChI=1S/C16H15N3O5/c1-8-5-4-6-10(7-8)18-14(21)11-12(16(23)24-3)17-19(9(2)20)13(11)15(18)22/h4-7,11,13H,1-3H3/t11-,13+/m1/s1. The smallest absolute Gasteiger partial charge is 0.355 e. The number of carbonyl (C=O) groups excluding carboxylic acids is 4. The van der Waals surface area contributed by atoms with Crippen molar-refractivity contribution in [3.05, 3.63) is 29.8 Å². The van der Waals surface area contributed by atoms with E-state index in [1.54, 1.807) is 18.2 Å². The van der Waals surface area contributed by atoms with E-state index in [-0.39, 0.29) is 5.71 Å². The first-order chi connectivity index (χ1) is 11.4. The van der Waals surface area contributed by atoms with Crippen LogP contribution in [-0.2, 0) is 23.9 Å². The van der Waals surface area contributed by atoms with Crippen LogP contribution in [0, 0.1) is 12.8 Å². The van der Waals surface area contributed by atoms with Crippen molar-refractivity contribution in [2.24, 2.45) is 11.0 Å². The molecule has 8 nitrogen and oxygen atoms in total. The summed E-state index contributed by atoms with van der Waals surface area (Å²) in [6, 6.07) is 5.71. The van der Waals surface area contributed by atoms with Gasteiger partial charge >= 0.3 is 5.97 Å². The monoisotopic (exact) mass is 329 g/mol. The van der Waals surface area contributed by atoms with Gasteiger partial charge in [-0.3, -0.25) is 14.4 Å². The molecule has 0 N–H and O–H groups in total. The Balaban J connectivity index is 2.07. The van der Waals surface area contributed by atoms with Gasteiger partial charge in [-0.05, 0) is 24.6 Å². The van der Waals surface area contributed by atoms with Gasteiger partial charge in [0.25, 0.3) is 5.91 Å². The van der Waals surface area contributed by atoms with E-state index in [4.69, 9.17) is 0 Å². The minimum Gasteiger partial charge on any atom is -0.464 e. The fourth-order valence-electron chi connectivity index (χ4n) is 2.97. The molecule has 2 aliphatic heterocycles. The summed E-state index contributed by atoms with van der Waals surface area (Å²) in [4.78, 5) is 50.2. The number of esters is 1. The summed E-state index contributed by atoms with van der Waals surface area (Å²) in [6.45, 7) is 3.05. The molecule has 1 aromatic carbocycles. The fourth-order valence-corrected chi connectivity index (χ4v) is 2.97. The molecule has 1 saturated heterocycles. The Hall–Kier alpha value is -3.03.